The van der Waals surface area contributed by atoms with E-state index in [1.54, 1.807) is 0 Å². The Morgan fingerprint density at radius 2 is 2.07 bits per heavy atom. The van der Waals surface area contributed by atoms with E-state index in [9.17, 15) is 9.59 Å². The Labute approximate surface area is 92.1 Å². The Bertz CT molecular complexity index is 201. The highest BCUT2D eigenvalue weighted by Gasteiger charge is 2.19. The summed E-state index contributed by atoms with van der Waals surface area (Å²) in [4.78, 5) is 22.0. The molecule has 2 N–H and O–H groups in total. The van der Waals surface area contributed by atoms with Gasteiger partial charge in [0.25, 0.3) is 0 Å². The van der Waals surface area contributed by atoms with Crippen molar-refractivity contribution in [3.63, 3.8) is 0 Å². The first kappa shape index (κ1) is 13.3. The molecule has 0 radical (unpaired) electrons. The van der Waals surface area contributed by atoms with E-state index in [2.05, 4.69) is 15.4 Å². The van der Waals surface area contributed by atoms with Gasteiger partial charge < -0.3 is 15.4 Å². The number of hydrogen-bond donors (Lipinski definition) is 2. The van der Waals surface area contributed by atoms with Crippen LogP contribution in [0.3, 0.4) is 0 Å². The molecule has 5 nitrogen and oxygen atoms in total. The van der Waals surface area contributed by atoms with Crippen molar-refractivity contribution in [3.8, 4) is 0 Å². The van der Waals surface area contributed by atoms with Crippen molar-refractivity contribution in [2.45, 2.75) is 6.04 Å². The third kappa shape index (κ3) is 5.14. The van der Waals surface area contributed by atoms with Gasteiger partial charge in [0.05, 0.1) is 13.0 Å². The molecule has 0 aromatic carbocycles. The Hall–Kier alpha value is -0.680. The molecule has 0 aliphatic rings. The lowest BCUT2D eigenvalue weighted by atomic mass is 10.3. The van der Waals surface area contributed by atoms with Gasteiger partial charge in [-0.15, -0.1) is 23.2 Å². The monoisotopic (exact) mass is 242 g/mol. The summed E-state index contributed by atoms with van der Waals surface area (Å²) in [5.41, 5.74) is 0. The normalized spacial score (nSPS) is 11.6. The molecule has 7 heteroatoms. The van der Waals surface area contributed by atoms with Crippen LogP contribution in [0.1, 0.15) is 0 Å². The van der Waals surface area contributed by atoms with Gasteiger partial charge in [0.15, 0.2) is 0 Å². The zero-order chi connectivity index (χ0) is 11.0. The zero-order valence-corrected chi connectivity index (χ0v) is 9.19. The molecule has 0 aliphatic carbocycles. The Balaban J connectivity index is 3.92. The minimum absolute atomic E-state index is 0.0407. The number of halogens is 2. The van der Waals surface area contributed by atoms with Gasteiger partial charge in [-0.1, -0.05) is 0 Å². The van der Waals surface area contributed by atoms with E-state index in [0.29, 0.717) is 12.4 Å². The van der Waals surface area contributed by atoms with Crippen LogP contribution in [0.4, 0.5) is 4.79 Å². The van der Waals surface area contributed by atoms with E-state index in [1.807, 2.05) is 0 Å². The molecule has 0 fully saturated rings. The predicted molar refractivity (Wildman–Crippen MR) is 53.8 cm³/mol. The van der Waals surface area contributed by atoms with Crippen LogP contribution in [0, 0.1) is 0 Å². The summed E-state index contributed by atoms with van der Waals surface area (Å²) in [7, 11) is 1.22. The van der Waals surface area contributed by atoms with Crippen molar-refractivity contribution in [2.75, 3.05) is 25.4 Å². The second-order valence-corrected chi connectivity index (χ2v) is 3.01. The summed E-state index contributed by atoms with van der Waals surface area (Å²) in [6.07, 6.45) is 0. The minimum atomic E-state index is -0.836. The third-order valence-electron chi connectivity index (χ3n) is 1.33. The number of ether oxygens (including phenoxy) is 1. The maximum Gasteiger partial charge on any atom is 0.329 e. The summed E-state index contributed by atoms with van der Waals surface area (Å²) in [6, 6.07) is -1.33. The molecule has 0 rings (SSSR count). The van der Waals surface area contributed by atoms with Gasteiger partial charge >= 0.3 is 12.0 Å². The van der Waals surface area contributed by atoms with Gasteiger partial charge in [-0.2, -0.15) is 0 Å². The van der Waals surface area contributed by atoms with Gasteiger partial charge in [0.2, 0.25) is 0 Å². The molecule has 0 spiro atoms. The van der Waals surface area contributed by atoms with Gasteiger partial charge in [-0.25, -0.2) is 9.59 Å². The fraction of sp³-hybridized carbons (Fsp3) is 0.714. The summed E-state index contributed by atoms with van der Waals surface area (Å²) in [5.74, 6) is -0.320. The highest BCUT2D eigenvalue weighted by atomic mass is 35.5. The topological polar surface area (TPSA) is 67.4 Å². The van der Waals surface area contributed by atoms with Gasteiger partial charge in [0, 0.05) is 12.4 Å². The van der Waals surface area contributed by atoms with E-state index < -0.39 is 18.0 Å². The minimum Gasteiger partial charge on any atom is -0.467 e. The number of amides is 2. The average molecular weight is 243 g/mol. The molecular weight excluding hydrogens is 231 g/mol. The second kappa shape index (κ2) is 7.70. The number of nitrogens with one attached hydrogen (secondary N) is 2. The van der Waals surface area contributed by atoms with Crippen molar-refractivity contribution < 1.29 is 14.3 Å². The summed E-state index contributed by atoms with van der Waals surface area (Å²) in [5, 5.41) is 4.76. The number of alkyl halides is 2. The Morgan fingerprint density at radius 3 is 2.50 bits per heavy atom. The Morgan fingerprint density at radius 1 is 1.43 bits per heavy atom. The number of hydrogen-bond acceptors (Lipinski definition) is 3. The number of urea groups is 1. The third-order valence-corrected chi connectivity index (χ3v) is 1.82. The molecule has 0 bridgehead atoms. The molecule has 82 valence electrons. The molecule has 0 saturated carbocycles. The van der Waals surface area contributed by atoms with Crippen LogP contribution < -0.4 is 10.6 Å². The maximum absolute atomic E-state index is 11.0. The molecule has 2 amide bonds. The van der Waals surface area contributed by atoms with Crippen LogP contribution in [0.5, 0.6) is 0 Å². The summed E-state index contributed by atoms with van der Waals surface area (Å²) in [6.45, 7) is 0.323. The molecule has 0 heterocycles. The Kier molecular flexibility index (Phi) is 7.32. The fourth-order valence-corrected chi connectivity index (χ4v) is 0.970. The van der Waals surface area contributed by atoms with E-state index in [4.69, 9.17) is 23.2 Å². The van der Waals surface area contributed by atoms with Crippen molar-refractivity contribution in [2.24, 2.45) is 0 Å². The fourth-order valence-electron chi connectivity index (χ4n) is 0.673. The first-order chi connectivity index (χ1) is 6.65. The van der Waals surface area contributed by atoms with Crippen molar-refractivity contribution in [3.05, 3.63) is 0 Å². The average Bonchev–Trinajstić information content (AvgIpc) is 2.21. The van der Waals surface area contributed by atoms with Crippen LogP contribution >= 0.6 is 23.2 Å². The number of carbonyl (C=O) groups is 2. The molecule has 0 aromatic heterocycles. The lowest BCUT2D eigenvalue weighted by Gasteiger charge is -2.13. The first-order valence-electron chi connectivity index (χ1n) is 3.89. The lowest BCUT2D eigenvalue weighted by Crippen LogP contribution is -2.47. The molecule has 1 atom stereocenters. The smallest absolute Gasteiger partial charge is 0.329 e. The zero-order valence-electron chi connectivity index (χ0n) is 7.68. The first-order valence-corrected chi connectivity index (χ1v) is 4.96. The SMILES string of the molecule is COC(=O)C(CCl)NC(=O)NCCCl. The molecule has 0 aromatic rings. The van der Waals surface area contributed by atoms with E-state index >= 15 is 0 Å². The number of methoxy groups -OCH3 is 1. The van der Waals surface area contributed by atoms with Crippen LogP contribution in [0.2, 0.25) is 0 Å². The molecule has 1 unspecified atom stereocenters. The molecule has 0 aliphatic heterocycles. The standard InChI is InChI=1S/C7H12Cl2N2O3/c1-14-6(12)5(4-9)11-7(13)10-3-2-8/h5H,2-4H2,1H3,(H2,10,11,13). The van der Waals surface area contributed by atoms with Crippen LogP contribution in [-0.4, -0.2) is 43.5 Å². The number of esters is 1. The predicted octanol–water partition coefficient (Wildman–Crippen LogP) is 0.305. The van der Waals surface area contributed by atoms with Crippen LogP contribution in [0.25, 0.3) is 0 Å². The highest BCUT2D eigenvalue weighted by molar-refractivity contribution is 6.20. The van der Waals surface area contributed by atoms with Crippen molar-refractivity contribution in [1.29, 1.82) is 0 Å². The van der Waals surface area contributed by atoms with Crippen molar-refractivity contribution >= 4 is 35.2 Å². The van der Waals surface area contributed by atoms with Gasteiger partial charge in [-0.3, -0.25) is 0 Å². The van der Waals surface area contributed by atoms with E-state index in [-0.39, 0.29) is 5.88 Å². The highest BCUT2D eigenvalue weighted by Crippen LogP contribution is 1.91. The molecule has 0 saturated heterocycles. The van der Waals surface area contributed by atoms with Gasteiger partial charge in [0.1, 0.15) is 6.04 Å². The summed E-state index contributed by atoms with van der Waals surface area (Å²) >= 11 is 10.8. The quantitative estimate of drug-likeness (QED) is 0.539. The van der Waals surface area contributed by atoms with Crippen LogP contribution in [-0.2, 0) is 9.53 Å². The second-order valence-electron chi connectivity index (χ2n) is 2.32. The lowest BCUT2D eigenvalue weighted by molar-refractivity contribution is -0.142. The summed E-state index contributed by atoms with van der Waals surface area (Å²) < 4.78 is 4.42. The molecular formula is C7H12Cl2N2O3. The van der Waals surface area contributed by atoms with Crippen molar-refractivity contribution in [1.82, 2.24) is 10.6 Å². The number of carbonyl (C=O) groups excluding carboxylic acids is 2. The molecule has 14 heavy (non-hydrogen) atoms. The van der Waals surface area contributed by atoms with Crippen LogP contribution in [0.15, 0.2) is 0 Å². The maximum atomic E-state index is 11.0. The largest absolute Gasteiger partial charge is 0.467 e. The van der Waals surface area contributed by atoms with Gasteiger partial charge in [-0.05, 0) is 0 Å². The van der Waals surface area contributed by atoms with E-state index in [1.165, 1.54) is 7.11 Å². The number of rotatable bonds is 5. The van der Waals surface area contributed by atoms with E-state index in [0.717, 1.165) is 0 Å².